The van der Waals surface area contributed by atoms with Crippen molar-refractivity contribution in [2.75, 3.05) is 0 Å². The Bertz CT molecular complexity index is 181. The first-order chi connectivity index (χ1) is 4.22. The van der Waals surface area contributed by atoms with E-state index in [0.29, 0.717) is 0 Å². The molecule has 1 aliphatic carbocycles. The molecule has 1 rings (SSSR count). The zero-order valence-electron chi connectivity index (χ0n) is 4.70. The molecule has 0 saturated heterocycles. The van der Waals surface area contributed by atoms with E-state index in [2.05, 4.69) is 0 Å². The Morgan fingerprint density at radius 3 is 2.56 bits per heavy atom. The summed E-state index contributed by atoms with van der Waals surface area (Å²) in [7, 11) is 0. The van der Waals surface area contributed by atoms with Crippen LogP contribution in [0.25, 0.3) is 0 Å². The van der Waals surface area contributed by atoms with E-state index < -0.39 is 11.7 Å². The summed E-state index contributed by atoms with van der Waals surface area (Å²) in [5.74, 6) is -1.27. The highest BCUT2D eigenvalue weighted by Crippen LogP contribution is 2.21. The van der Waals surface area contributed by atoms with Crippen LogP contribution in [-0.2, 0) is 0 Å². The monoisotopic (exact) mass is 130 g/mol. The van der Waals surface area contributed by atoms with Crippen molar-refractivity contribution in [2.45, 2.75) is 6.42 Å². The average Bonchev–Trinajstić information content (AvgIpc) is 1.83. The molecule has 0 bridgehead atoms. The van der Waals surface area contributed by atoms with Gasteiger partial charge in [-0.15, -0.1) is 0 Å². The molecule has 0 spiro atoms. The number of hydrogen-bond donors (Lipinski definition) is 1. The normalized spacial score (nSPS) is 20.0. The van der Waals surface area contributed by atoms with Gasteiger partial charge in [0.15, 0.2) is 0 Å². The molecule has 0 unspecified atom stereocenters. The molecule has 2 N–H and O–H groups in total. The van der Waals surface area contributed by atoms with Gasteiger partial charge in [-0.05, 0) is 12.5 Å². The third-order valence-electron chi connectivity index (χ3n) is 1.11. The lowest BCUT2D eigenvalue weighted by atomic mass is 10.1. The lowest BCUT2D eigenvalue weighted by molar-refractivity contribution is 0.560. The summed E-state index contributed by atoms with van der Waals surface area (Å²) in [6, 6.07) is 0. The second-order valence-electron chi connectivity index (χ2n) is 1.77. The summed E-state index contributed by atoms with van der Waals surface area (Å²) in [5, 5.41) is 0. The van der Waals surface area contributed by atoms with Gasteiger partial charge in [0, 0.05) is 6.42 Å². The number of nitrogens with two attached hydrogens (primary N) is 1. The van der Waals surface area contributed by atoms with Gasteiger partial charge in [-0.25, -0.2) is 8.78 Å². The Hall–Kier alpha value is -0.860. The Kier molecular flexibility index (Phi) is 1.51. The van der Waals surface area contributed by atoms with E-state index in [4.69, 9.17) is 5.73 Å². The van der Waals surface area contributed by atoms with Gasteiger partial charge in [0.1, 0.15) is 11.7 Å². The lowest BCUT2D eigenvalue weighted by Crippen LogP contribution is -2.04. The lowest BCUT2D eigenvalue weighted by Gasteiger charge is -2.05. The highest BCUT2D eigenvalue weighted by molar-refractivity contribution is 5.32. The smallest absolute Gasteiger partial charge is 0.145 e. The summed E-state index contributed by atoms with van der Waals surface area (Å²) in [6.07, 6.45) is 2.67. The van der Waals surface area contributed by atoms with Crippen molar-refractivity contribution in [3.63, 3.8) is 0 Å². The summed E-state index contributed by atoms with van der Waals surface area (Å²) in [5.41, 5.74) is 4.60. The van der Waals surface area contributed by atoms with Crippen LogP contribution >= 0.6 is 0 Å². The fourth-order valence-corrected chi connectivity index (χ4v) is 0.595. The molecule has 1 radical (unpaired) electrons. The minimum absolute atomic E-state index is 0.110. The van der Waals surface area contributed by atoms with Gasteiger partial charge >= 0.3 is 0 Å². The van der Waals surface area contributed by atoms with E-state index in [9.17, 15) is 8.78 Å². The van der Waals surface area contributed by atoms with Gasteiger partial charge in [0.2, 0.25) is 0 Å². The summed E-state index contributed by atoms with van der Waals surface area (Å²) in [4.78, 5) is 0. The quantitative estimate of drug-likeness (QED) is 0.529. The Morgan fingerprint density at radius 2 is 2.11 bits per heavy atom. The maximum absolute atomic E-state index is 12.3. The van der Waals surface area contributed by atoms with Gasteiger partial charge < -0.3 is 5.73 Å². The molecule has 0 aromatic rings. The van der Waals surface area contributed by atoms with Gasteiger partial charge in [-0.2, -0.15) is 0 Å². The molecule has 49 valence electrons. The fraction of sp³-hybridized carbons (Fsp3) is 0.167. The van der Waals surface area contributed by atoms with E-state index in [1.54, 1.807) is 0 Å². The topological polar surface area (TPSA) is 26.0 Å². The van der Waals surface area contributed by atoms with Gasteiger partial charge in [0.25, 0.3) is 0 Å². The fourth-order valence-electron chi connectivity index (χ4n) is 0.595. The molecule has 0 atom stereocenters. The summed E-state index contributed by atoms with van der Waals surface area (Å²) < 4.78 is 24.5. The number of hydrogen-bond acceptors (Lipinski definition) is 1. The maximum atomic E-state index is 12.3. The third-order valence-corrected chi connectivity index (χ3v) is 1.11. The third kappa shape index (κ3) is 1.09. The van der Waals surface area contributed by atoms with E-state index in [-0.39, 0.29) is 12.1 Å². The molecule has 0 amide bonds. The maximum Gasteiger partial charge on any atom is 0.145 e. The minimum Gasteiger partial charge on any atom is -0.394 e. The molecule has 1 nitrogen and oxygen atoms in total. The van der Waals surface area contributed by atoms with Crippen molar-refractivity contribution >= 4 is 0 Å². The molecule has 0 heterocycles. The van der Waals surface area contributed by atoms with Crippen molar-refractivity contribution in [3.8, 4) is 0 Å². The SMILES string of the molecule is NC1=C(F)C[CH]C=C1F. The molecule has 0 aromatic heterocycles. The zero-order valence-corrected chi connectivity index (χ0v) is 4.70. The first-order valence-electron chi connectivity index (χ1n) is 2.55. The molecular weight excluding hydrogens is 124 g/mol. The molecule has 0 saturated carbocycles. The summed E-state index contributed by atoms with van der Waals surface area (Å²) >= 11 is 0. The van der Waals surface area contributed by atoms with Crippen LogP contribution in [0.15, 0.2) is 23.4 Å². The Labute approximate surface area is 51.8 Å². The van der Waals surface area contributed by atoms with Gasteiger partial charge in [-0.1, -0.05) is 0 Å². The van der Waals surface area contributed by atoms with E-state index in [1.165, 1.54) is 12.5 Å². The Morgan fingerprint density at radius 1 is 1.44 bits per heavy atom. The predicted molar refractivity (Wildman–Crippen MR) is 30.4 cm³/mol. The van der Waals surface area contributed by atoms with Crippen LogP contribution in [0.1, 0.15) is 6.42 Å². The molecule has 0 aromatic carbocycles. The van der Waals surface area contributed by atoms with Crippen LogP contribution in [0, 0.1) is 6.42 Å². The standard InChI is InChI=1S/C6H6F2N/c7-4-2-1-3-5(8)6(4)9/h1-2H,3,9H2. The number of allylic oxidation sites excluding steroid dienone is 3. The van der Waals surface area contributed by atoms with Crippen molar-refractivity contribution in [2.24, 2.45) is 5.73 Å². The average molecular weight is 130 g/mol. The molecule has 0 fully saturated rings. The Balaban J connectivity index is 2.88. The van der Waals surface area contributed by atoms with Crippen LogP contribution in [0.4, 0.5) is 8.78 Å². The second kappa shape index (κ2) is 2.17. The summed E-state index contributed by atoms with van der Waals surface area (Å²) in [6.45, 7) is 0. The minimum atomic E-state index is -0.682. The molecule has 9 heavy (non-hydrogen) atoms. The van der Waals surface area contributed by atoms with Crippen LogP contribution in [0.3, 0.4) is 0 Å². The highest BCUT2D eigenvalue weighted by Gasteiger charge is 2.11. The van der Waals surface area contributed by atoms with Crippen LogP contribution < -0.4 is 5.73 Å². The molecule has 1 aliphatic rings. The largest absolute Gasteiger partial charge is 0.394 e. The van der Waals surface area contributed by atoms with Gasteiger partial charge in [0.05, 0.1) is 5.70 Å². The van der Waals surface area contributed by atoms with E-state index in [1.807, 2.05) is 0 Å². The molecule has 0 aliphatic heterocycles. The predicted octanol–water partition coefficient (Wildman–Crippen LogP) is 1.59. The van der Waals surface area contributed by atoms with Crippen molar-refractivity contribution in [1.29, 1.82) is 0 Å². The van der Waals surface area contributed by atoms with Crippen LogP contribution in [0.5, 0.6) is 0 Å². The zero-order chi connectivity index (χ0) is 6.85. The van der Waals surface area contributed by atoms with Crippen molar-refractivity contribution < 1.29 is 8.78 Å². The highest BCUT2D eigenvalue weighted by atomic mass is 19.1. The number of rotatable bonds is 0. The molecule has 3 heteroatoms. The van der Waals surface area contributed by atoms with E-state index in [0.717, 1.165) is 0 Å². The van der Waals surface area contributed by atoms with Crippen molar-refractivity contribution in [3.05, 3.63) is 29.8 Å². The van der Waals surface area contributed by atoms with Crippen LogP contribution in [-0.4, -0.2) is 0 Å². The first kappa shape index (κ1) is 6.26. The van der Waals surface area contributed by atoms with Crippen molar-refractivity contribution in [1.82, 2.24) is 0 Å². The van der Waals surface area contributed by atoms with Gasteiger partial charge in [-0.3, -0.25) is 0 Å². The second-order valence-corrected chi connectivity index (χ2v) is 1.77. The van der Waals surface area contributed by atoms with E-state index >= 15 is 0 Å². The number of halogens is 2. The van der Waals surface area contributed by atoms with Crippen LogP contribution in [0.2, 0.25) is 0 Å². The first-order valence-corrected chi connectivity index (χ1v) is 2.55. The molecular formula is C6H6F2N.